The third kappa shape index (κ3) is 3.59. The van der Waals surface area contributed by atoms with Crippen LogP contribution in [0.15, 0.2) is 54.6 Å². The van der Waals surface area contributed by atoms with Crippen LogP contribution in [0.2, 0.25) is 0 Å². The molecular formula is C21H23IN2OS. The van der Waals surface area contributed by atoms with Gasteiger partial charge in [-0.2, -0.15) is 0 Å². The van der Waals surface area contributed by atoms with Crippen LogP contribution < -0.4 is 5.32 Å². The first kappa shape index (κ1) is 18.5. The van der Waals surface area contributed by atoms with E-state index in [0.29, 0.717) is 18.2 Å². The molecule has 2 heterocycles. The Morgan fingerprint density at radius 3 is 2.50 bits per heavy atom. The maximum atomic E-state index is 12.9. The summed E-state index contributed by atoms with van der Waals surface area (Å²) in [5, 5.41) is 3.62. The number of rotatable bonds is 3. The predicted molar refractivity (Wildman–Crippen MR) is 116 cm³/mol. The molecule has 0 spiro atoms. The Balaban J connectivity index is 1.61. The number of hydrogen-bond acceptors (Lipinski definition) is 4. The highest BCUT2D eigenvalue weighted by atomic mass is 127. The van der Waals surface area contributed by atoms with Crippen LogP contribution in [-0.4, -0.2) is 22.7 Å². The van der Waals surface area contributed by atoms with E-state index in [-0.39, 0.29) is 18.0 Å². The Bertz CT molecular complexity index is 767. The van der Waals surface area contributed by atoms with Gasteiger partial charge in [-0.15, -0.1) is 0 Å². The number of fused-ring (bicyclic) bond motifs is 1. The zero-order chi connectivity index (χ0) is 18.1. The van der Waals surface area contributed by atoms with Gasteiger partial charge in [0.1, 0.15) is 5.78 Å². The maximum absolute atomic E-state index is 12.9. The van der Waals surface area contributed by atoms with Crippen LogP contribution in [-0.2, 0) is 4.79 Å². The van der Waals surface area contributed by atoms with E-state index in [0.717, 1.165) is 13.0 Å². The zero-order valence-corrected chi connectivity index (χ0v) is 17.7. The number of nitrogens with one attached hydrogen (secondary N) is 1. The summed E-state index contributed by atoms with van der Waals surface area (Å²) in [7, 11) is 1.76. The van der Waals surface area contributed by atoms with Gasteiger partial charge in [0, 0.05) is 52.2 Å². The highest BCUT2D eigenvalue weighted by Gasteiger charge is 2.46. The molecule has 0 aromatic heterocycles. The highest BCUT2D eigenvalue weighted by Crippen LogP contribution is 2.46. The number of halogens is 1. The Labute approximate surface area is 171 Å². The van der Waals surface area contributed by atoms with E-state index in [1.165, 1.54) is 16.7 Å². The Morgan fingerprint density at radius 2 is 1.81 bits per heavy atom. The van der Waals surface area contributed by atoms with Crippen molar-refractivity contribution >= 4 is 36.1 Å². The van der Waals surface area contributed by atoms with E-state index >= 15 is 0 Å². The van der Waals surface area contributed by atoms with Gasteiger partial charge in [0.05, 0.1) is 6.04 Å². The van der Waals surface area contributed by atoms with Crippen LogP contribution in [0.1, 0.15) is 41.6 Å². The second kappa shape index (κ2) is 8.00. The number of benzene rings is 2. The summed E-state index contributed by atoms with van der Waals surface area (Å²) < 4.78 is 2.48. The normalized spacial score (nSPS) is 29.4. The highest BCUT2D eigenvalue weighted by molar-refractivity contribution is 14.2. The van der Waals surface area contributed by atoms with E-state index in [2.05, 4.69) is 86.3 Å². The fourth-order valence-corrected chi connectivity index (χ4v) is 6.59. The number of ketones is 1. The summed E-state index contributed by atoms with van der Waals surface area (Å²) in [5.41, 5.74) is 3.85. The van der Waals surface area contributed by atoms with E-state index in [4.69, 9.17) is 0 Å². The first-order valence-corrected chi connectivity index (χ1v) is 12.4. The molecule has 2 aliphatic rings. The lowest BCUT2D eigenvalue weighted by Gasteiger charge is -2.48. The SMILES string of the molecule is Cc1ccc([C@@H]2C[C@H]3[C@@H](CN2)C(=O)CC(c2ccccc2)N3SI)cc1. The number of aryl methyl sites for hydroxylation is 1. The van der Waals surface area contributed by atoms with Crippen molar-refractivity contribution < 1.29 is 4.79 Å². The van der Waals surface area contributed by atoms with Crippen molar-refractivity contribution in [2.45, 2.75) is 37.9 Å². The number of carbonyl (C=O) groups excluding carboxylic acids is 1. The monoisotopic (exact) mass is 478 g/mol. The fourth-order valence-electron chi connectivity index (χ4n) is 4.26. The third-order valence-electron chi connectivity index (χ3n) is 5.71. The number of Topliss-reactive ketones (excluding diaryl/α,β-unsaturated/α-hetero) is 1. The molecule has 2 aliphatic heterocycles. The summed E-state index contributed by atoms with van der Waals surface area (Å²) in [6.07, 6.45) is 1.58. The molecule has 5 heteroatoms. The summed E-state index contributed by atoms with van der Waals surface area (Å²) in [6.45, 7) is 2.89. The summed E-state index contributed by atoms with van der Waals surface area (Å²) in [5.74, 6) is 0.499. The molecule has 0 bridgehead atoms. The van der Waals surface area contributed by atoms with Crippen molar-refractivity contribution in [3.63, 3.8) is 0 Å². The molecule has 3 nitrogen and oxygen atoms in total. The Morgan fingerprint density at radius 1 is 1.08 bits per heavy atom. The van der Waals surface area contributed by atoms with E-state index < -0.39 is 0 Å². The molecule has 1 N–H and O–H groups in total. The summed E-state index contributed by atoms with van der Waals surface area (Å²) >= 11 is 2.38. The van der Waals surface area contributed by atoms with Crippen molar-refractivity contribution in [2.24, 2.45) is 5.92 Å². The summed E-state index contributed by atoms with van der Waals surface area (Å²) in [6, 6.07) is 20.0. The molecule has 0 radical (unpaired) electrons. The number of carbonyl (C=O) groups is 1. The molecule has 26 heavy (non-hydrogen) atoms. The molecule has 136 valence electrons. The predicted octanol–water partition coefficient (Wildman–Crippen LogP) is 5.03. The molecule has 2 saturated heterocycles. The number of nitrogens with zero attached hydrogens (tertiary/aromatic N) is 1. The van der Waals surface area contributed by atoms with Gasteiger partial charge in [0.15, 0.2) is 0 Å². The zero-order valence-electron chi connectivity index (χ0n) is 14.8. The van der Waals surface area contributed by atoms with E-state index in [1.54, 1.807) is 9.12 Å². The van der Waals surface area contributed by atoms with Crippen molar-refractivity contribution in [1.82, 2.24) is 9.62 Å². The van der Waals surface area contributed by atoms with Crippen LogP contribution in [0.25, 0.3) is 0 Å². The number of piperidine rings is 2. The van der Waals surface area contributed by atoms with Crippen molar-refractivity contribution in [3.05, 3.63) is 71.3 Å². The van der Waals surface area contributed by atoms with Crippen molar-refractivity contribution in [1.29, 1.82) is 0 Å². The van der Waals surface area contributed by atoms with E-state index in [9.17, 15) is 4.79 Å². The maximum Gasteiger partial charge on any atom is 0.140 e. The first-order valence-electron chi connectivity index (χ1n) is 9.12. The van der Waals surface area contributed by atoms with Crippen LogP contribution in [0.4, 0.5) is 0 Å². The van der Waals surface area contributed by atoms with Gasteiger partial charge in [-0.1, -0.05) is 60.2 Å². The van der Waals surface area contributed by atoms with Gasteiger partial charge in [-0.25, -0.2) is 4.31 Å². The summed E-state index contributed by atoms with van der Waals surface area (Å²) in [4.78, 5) is 12.9. The molecule has 2 aromatic rings. The molecule has 4 rings (SSSR count). The van der Waals surface area contributed by atoms with Crippen LogP contribution in [0.3, 0.4) is 0 Å². The second-order valence-electron chi connectivity index (χ2n) is 7.31. The first-order chi connectivity index (χ1) is 12.7. The third-order valence-corrected chi connectivity index (χ3v) is 7.76. The largest absolute Gasteiger partial charge is 0.309 e. The lowest BCUT2D eigenvalue weighted by Crippen LogP contribution is -2.55. The molecule has 0 aliphatic carbocycles. The van der Waals surface area contributed by atoms with Gasteiger partial charge in [0.2, 0.25) is 0 Å². The molecule has 0 amide bonds. The second-order valence-corrected chi connectivity index (χ2v) is 9.05. The van der Waals surface area contributed by atoms with Crippen LogP contribution in [0.5, 0.6) is 0 Å². The topological polar surface area (TPSA) is 32.3 Å². The quantitative estimate of drug-likeness (QED) is 0.496. The minimum Gasteiger partial charge on any atom is -0.309 e. The average molecular weight is 478 g/mol. The van der Waals surface area contributed by atoms with Gasteiger partial charge in [0.25, 0.3) is 0 Å². The standard InChI is InChI=1S/C21H23IN2OS/c1-14-7-9-15(10-8-14)18-11-20-17(13-23-18)21(25)12-19(24(20)26-22)16-5-3-2-4-6-16/h2-10,17-20,23H,11-13H2,1H3/t17-,18+,19?,20+/m1/s1. The Kier molecular flexibility index (Phi) is 5.69. The molecular weight excluding hydrogens is 455 g/mol. The number of hydrogen-bond donors (Lipinski definition) is 1. The van der Waals surface area contributed by atoms with Gasteiger partial charge in [-0.3, -0.25) is 4.79 Å². The molecule has 2 aromatic carbocycles. The molecule has 0 saturated carbocycles. The molecule has 2 fully saturated rings. The fraction of sp³-hybridized carbons (Fsp3) is 0.381. The lowest BCUT2D eigenvalue weighted by molar-refractivity contribution is -0.130. The Hall–Kier alpha value is -0.890. The molecule has 4 atom stereocenters. The van der Waals surface area contributed by atoms with Gasteiger partial charge in [-0.05, 0) is 33.6 Å². The van der Waals surface area contributed by atoms with E-state index in [1.807, 2.05) is 6.07 Å². The van der Waals surface area contributed by atoms with Crippen LogP contribution in [0, 0.1) is 12.8 Å². The molecule has 1 unspecified atom stereocenters. The minimum absolute atomic E-state index is 0.0962. The van der Waals surface area contributed by atoms with Crippen molar-refractivity contribution in [2.75, 3.05) is 6.54 Å². The van der Waals surface area contributed by atoms with Crippen molar-refractivity contribution in [3.8, 4) is 0 Å². The smallest absolute Gasteiger partial charge is 0.140 e. The van der Waals surface area contributed by atoms with Crippen LogP contribution >= 0.6 is 30.3 Å². The minimum atomic E-state index is 0.0962. The van der Waals surface area contributed by atoms with Gasteiger partial charge >= 0.3 is 0 Å². The average Bonchev–Trinajstić information content (AvgIpc) is 2.69. The lowest BCUT2D eigenvalue weighted by atomic mass is 9.77. The van der Waals surface area contributed by atoms with Gasteiger partial charge < -0.3 is 5.32 Å².